The molecule has 0 saturated carbocycles. The summed E-state index contributed by atoms with van der Waals surface area (Å²) in [5.41, 5.74) is -0.0325. The summed E-state index contributed by atoms with van der Waals surface area (Å²) in [7, 11) is 0. The largest absolute Gasteiger partial charge is 0.477 e. The number of carboxylic acid groups (broad SMARTS) is 1. The highest BCUT2D eigenvalue weighted by Gasteiger charge is 2.09. The standard InChI is InChI=1S/C10H6N2O5/c11-5-8(10(13)14)3-1-2-7-4-9(12(15)16)17-6-7/h1-4,6H,(H,13,14)/b2-1+,8-3+. The molecule has 1 heterocycles. The molecule has 0 aliphatic heterocycles. The van der Waals surface area contributed by atoms with Gasteiger partial charge in [-0.15, -0.1) is 0 Å². The van der Waals surface area contributed by atoms with E-state index in [4.69, 9.17) is 10.4 Å². The van der Waals surface area contributed by atoms with Crippen LogP contribution < -0.4 is 0 Å². The van der Waals surface area contributed by atoms with Gasteiger partial charge in [0.1, 0.15) is 22.8 Å². The van der Waals surface area contributed by atoms with Gasteiger partial charge in [0.05, 0.1) is 6.07 Å². The number of carboxylic acids is 1. The maximum Gasteiger partial charge on any atom is 0.433 e. The molecule has 17 heavy (non-hydrogen) atoms. The van der Waals surface area contributed by atoms with E-state index in [0.717, 1.165) is 12.3 Å². The summed E-state index contributed by atoms with van der Waals surface area (Å²) in [4.78, 5) is 20.0. The van der Waals surface area contributed by atoms with Crippen LogP contribution in [0.1, 0.15) is 5.56 Å². The quantitative estimate of drug-likeness (QED) is 0.278. The minimum absolute atomic E-state index is 0.399. The van der Waals surface area contributed by atoms with Gasteiger partial charge >= 0.3 is 11.9 Å². The van der Waals surface area contributed by atoms with Crippen LogP contribution >= 0.6 is 0 Å². The predicted molar refractivity (Wildman–Crippen MR) is 55.7 cm³/mol. The zero-order chi connectivity index (χ0) is 12.8. The van der Waals surface area contributed by atoms with Gasteiger partial charge < -0.3 is 9.52 Å². The Kier molecular flexibility index (Phi) is 3.78. The van der Waals surface area contributed by atoms with Crippen LogP contribution in [0.3, 0.4) is 0 Å². The molecule has 7 heteroatoms. The van der Waals surface area contributed by atoms with Crippen LogP contribution in [0.15, 0.2) is 34.5 Å². The third kappa shape index (κ3) is 3.32. The molecule has 0 aliphatic rings. The SMILES string of the molecule is N#C/C(=C\C=C\c1coc([N+](=O)[O-])c1)C(=O)O. The van der Waals surface area contributed by atoms with Crippen LogP contribution in [0.4, 0.5) is 5.88 Å². The number of aliphatic carboxylic acids is 1. The predicted octanol–water partition coefficient (Wildman–Crippen LogP) is 1.74. The number of furan rings is 1. The van der Waals surface area contributed by atoms with Gasteiger partial charge in [-0.1, -0.05) is 12.2 Å². The van der Waals surface area contributed by atoms with Crippen molar-refractivity contribution in [3.63, 3.8) is 0 Å². The number of nitriles is 1. The van der Waals surface area contributed by atoms with Gasteiger partial charge in [0.2, 0.25) is 0 Å². The van der Waals surface area contributed by atoms with Crippen LogP contribution in [-0.4, -0.2) is 16.0 Å². The molecular formula is C10H6N2O5. The smallest absolute Gasteiger partial charge is 0.433 e. The first-order valence-electron chi connectivity index (χ1n) is 4.29. The molecular weight excluding hydrogens is 228 g/mol. The van der Waals surface area contributed by atoms with Gasteiger partial charge in [0.25, 0.3) is 0 Å². The van der Waals surface area contributed by atoms with Crippen LogP contribution in [0.5, 0.6) is 0 Å². The lowest BCUT2D eigenvalue weighted by Crippen LogP contribution is -1.96. The van der Waals surface area contributed by atoms with Gasteiger partial charge in [-0.05, 0) is 6.08 Å². The zero-order valence-electron chi connectivity index (χ0n) is 8.36. The summed E-state index contributed by atoms with van der Waals surface area (Å²) in [6.45, 7) is 0. The number of hydrogen-bond donors (Lipinski definition) is 1. The molecule has 0 radical (unpaired) electrons. The maximum absolute atomic E-state index is 10.4. The van der Waals surface area contributed by atoms with Crippen molar-refractivity contribution < 1.29 is 19.2 Å². The minimum atomic E-state index is -1.34. The molecule has 7 nitrogen and oxygen atoms in total. The van der Waals surface area contributed by atoms with E-state index in [-0.39, 0.29) is 0 Å². The molecule has 0 fully saturated rings. The van der Waals surface area contributed by atoms with Crippen LogP contribution in [0.2, 0.25) is 0 Å². The monoisotopic (exact) mass is 234 g/mol. The van der Waals surface area contributed by atoms with Crippen molar-refractivity contribution in [2.24, 2.45) is 0 Å². The molecule has 0 aliphatic carbocycles. The average Bonchev–Trinajstić information content (AvgIpc) is 2.72. The van der Waals surface area contributed by atoms with Gasteiger partial charge in [-0.3, -0.25) is 10.1 Å². The third-order valence-corrected chi connectivity index (χ3v) is 1.69. The van der Waals surface area contributed by atoms with Crippen molar-refractivity contribution in [1.29, 1.82) is 5.26 Å². The van der Waals surface area contributed by atoms with Crippen molar-refractivity contribution in [2.45, 2.75) is 0 Å². The fourth-order valence-corrected chi connectivity index (χ4v) is 0.934. The van der Waals surface area contributed by atoms with Gasteiger partial charge in [-0.25, -0.2) is 4.79 Å². The fourth-order valence-electron chi connectivity index (χ4n) is 0.934. The van der Waals surface area contributed by atoms with Crippen molar-refractivity contribution in [3.05, 3.63) is 45.7 Å². The Bertz CT molecular complexity index is 547. The molecule has 0 atom stereocenters. The van der Waals surface area contributed by atoms with E-state index in [1.807, 2.05) is 0 Å². The first kappa shape index (κ1) is 12.2. The van der Waals surface area contributed by atoms with Crippen molar-refractivity contribution in [1.82, 2.24) is 0 Å². The lowest BCUT2D eigenvalue weighted by atomic mass is 10.2. The summed E-state index contributed by atoms with van der Waals surface area (Å²) >= 11 is 0. The number of nitrogens with zero attached hydrogens (tertiary/aromatic N) is 2. The number of hydrogen-bond acceptors (Lipinski definition) is 5. The molecule has 1 aromatic rings. The Morgan fingerprint density at radius 2 is 2.35 bits per heavy atom. The van der Waals surface area contributed by atoms with E-state index >= 15 is 0 Å². The Morgan fingerprint density at radius 1 is 1.65 bits per heavy atom. The Balaban J connectivity index is 2.81. The molecule has 1 N–H and O–H groups in total. The first-order valence-corrected chi connectivity index (χ1v) is 4.29. The van der Waals surface area contributed by atoms with Crippen LogP contribution in [0.25, 0.3) is 6.08 Å². The van der Waals surface area contributed by atoms with Crippen molar-refractivity contribution in [3.8, 4) is 6.07 Å². The second-order valence-corrected chi connectivity index (χ2v) is 2.83. The molecule has 0 unspecified atom stereocenters. The highest BCUT2D eigenvalue weighted by atomic mass is 16.6. The van der Waals surface area contributed by atoms with Gasteiger partial charge in [0, 0.05) is 5.56 Å². The number of rotatable bonds is 4. The Labute approximate surface area is 95.0 Å². The maximum atomic E-state index is 10.4. The molecule has 0 saturated heterocycles. The van der Waals surface area contributed by atoms with E-state index in [1.165, 1.54) is 24.3 Å². The summed E-state index contributed by atoms with van der Waals surface area (Å²) in [6, 6.07) is 2.67. The van der Waals surface area contributed by atoms with Gasteiger partial charge in [-0.2, -0.15) is 5.26 Å². The topological polar surface area (TPSA) is 117 Å². The molecule has 0 spiro atoms. The molecule has 0 aromatic carbocycles. The van der Waals surface area contributed by atoms with E-state index in [9.17, 15) is 14.9 Å². The van der Waals surface area contributed by atoms with E-state index < -0.39 is 22.3 Å². The second kappa shape index (κ2) is 5.27. The normalized spacial score (nSPS) is 11.4. The van der Waals surface area contributed by atoms with E-state index in [1.54, 1.807) is 0 Å². The lowest BCUT2D eigenvalue weighted by molar-refractivity contribution is -0.402. The molecule has 0 bridgehead atoms. The Hall–Kier alpha value is -2.88. The average molecular weight is 234 g/mol. The summed E-state index contributed by atoms with van der Waals surface area (Å²) in [5.74, 6) is -1.75. The van der Waals surface area contributed by atoms with Crippen molar-refractivity contribution >= 4 is 17.9 Å². The van der Waals surface area contributed by atoms with Crippen molar-refractivity contribution in [2.75, 3.05) is 0 Å². The number of nitro groups is 1. The lowest BCUT2D eigenvalue weighted by Gasteiger charge is -1.84. The molecule has 1 rings (SSSR count). The summed E-state index contributed by atoms with van der Waals surface area (Å²) in [6.07, 6.45) is 4.91. The molecule has 0 amide bonds. The summed E-state index contributed by atoms with van der Waals surface area (Å²) < 4.78 is 4.61. The van der Waals surface area contributed by atoms with Crippen LogP contribution in [-0.2, 0) is 4.79 Å². The Morgan fingerprint density at radius 3 is 2.82 bits per heavy atom. The highest BCUT2D eigenvalue weighted by Crippen LogP contribution is 2.16. The van der Waals surface area contributed by atoms with Gasteiger partial charge in [0.15, 0.2) is 0 Å². The molecule has 1 aromatic heterocycles. The fraction of sp³-hybridized carbons (Fsp3) is 0. The zero-order valence-corrected chi connectivity index (χ0v) is 8.36. The van der Waals surface area contributed by atoms with E-state index in [2.05, 4.69) is 4.42 Å². The molecule has 86 valence electrons. The van der Waals surface area contributed by atoms with Crippen LogP contribution in [0, 0.1) is 21.4 Å². The minimum Gasteiger partial charge on any atom is -0.477 e. The van der Waals surface area contributed by atoms with E-state index in [0.29, 0.717) is 5.56 Å². The first-order chi connectivity index (χ1) is 8.04. The number of carbonyl (C=O) groups is 1. The highest BCUT2D eigenvalue weighted by molar-refractivity contribution is 5.91. The third-order valence-electron chi connectivity index (χ3n) is 1.69. The summed E-state index contributed by atoms with van der Waals surface area (Å²) in [5, 5.41) is 27.2. The number of allylic oxidation sites excluding steroid dienone is 2. The second-order valence-electron chi connectivity index (χ2n) is 2.83.